The average Bonchev–Trinajstić information content (AvgIpc) is 2.07. The summed E-state index contributed by atoms with van der Waals surface area (Å²) >= 11 is 10.1. The number of benzene rings is 1. The van der Waals surface area contributed by atoms with Gasteiger partial charge in [-0.3, -0.25) is 0 Å². The molecule has 0 unspecified atom stereocenters. The van der Waals surface area contributed by atoms with E-state index < -0.39 is 11.2 Å². The van der Waals surface area contributed by atoms with Crippen molar-refractivity contribution in [3.8, 4) is 0 Å². The summed E-state index contributed by atoms with van der Waals surface area (Å²) in [6, 6.07) is 6.03. The Kier molecular flexibility index (Phi) is 3.45. The highest BCUT2D eigenvalue weighted by atomic mass is 35.5. The summed E-state index contributed by atoms with van der Waals surface area (Å²) < 4.78 is 37.1. The Balaban J connectivity index is 3.04. The van der Waals surface area contributed by atoms with Crippen molar-refractivity contribution in [2.24, 2.45) is 0 Å². The highest BCUT2D eigenvalue weighted by Crippen LogP contribution is 2.32. The third-order valence-corrected chi connectivity index (χ3v) is 1.98. The molecule has 76 valence electrons. The topological polar surface area (TPSA) is 0 Å². The summed E-state index contributed by atoms with van der Waals surface area (Å²) in [5.74, 6) is -1.73. The maximum Gasteiger partial charge on any atom is 0.373 e. The first-order valence-corrected chi connectivity index (χ1v) is 4.36. The molecule has 0 spiro atoms. The van der Waals surface area contributed by atoms with Crippen LogP contribution in [0.1, 0.15) is 5.56 Å². The van der Waals surface area contributed by atoms with Crippen LogP contribution in [0.15, 0.2) is 30.1 Å². The molecule has 1 aromatic carbocycles. The van der Waals surface area contributed by atoms with Gasteiger partial charge in [0.25, 0.3) is 0 Å². The quantitative estimate of drug-likeness (QED) is 0.669. The largest absolute Gasteiger partial charge is 0.373 e. The maximum absolute atomic E-state index is 12.7. The van der Waals surface area contributed by atoms with Crippen LogP contribution >= 0.6 is 23.2 Å². The van der Waals surface area contributed by atoms with Crippen LogP contribution in [0.4, 0.5) is 13.2 Å². The molecule has 5 heteroatoms. The molecule has 0 nitrogen and oxygen atoms in total. The fraction of sp³-hybridized carbons (Fsp3) is 0.111. The van der Waals surface area contributed by atoms with Crippen molar-refractivity contribution < 1.29 is 13.2 Å². The Morgan fingerprint density at radius 3 is 2.36 bits per heavy atom. The van der Waals surface area contributed by atoms with Gasteiger partial charge in [0.15, 0.2) is 5.83 Å². The molecule has 14 heavy (non-hydrogen) atoms. The maximum atomic E-state index is 12.7. The fourth-order valence-electron chi connectivity index (χ4n) is 0.811. The minimum Gasteiger partial charge on any atom is -0.204 e. The van der Waals surface area contributed by atoms with Crippen LogP contribution < -0.4 is 0 Å². The lowest BCUT2D eigenvalue weighted by Crippen LogP contribution is -2.05. The van der Waals surface area contributed by atoms with Crippen molar-refractivity contribution in [3.05, 3.63) is 40.7 Å². The molecule has 0 aliphatic heterocycles. The second kappa shape index (κ2) is 4.24. The Labute approximate surface area is 88.9 Å². The van der Waals surface area contributed by atoms with Crippen molar-refractivity contribution >= 4 is 29.3 Å². The Morgan fingerprint density at radius 2 is 1.86 bits per heavy atom. The molecule has 0 N–H and O–H groups in total. The highest BCUT2D eigenvalue weighted by molar-refractivity contribution is 6.32. The van der Waals surface area contributed by atoms with Gasteiger partial charge in [0, 0.05) is 5.02 Å². The van der Waals surface area contributed by atoms with E-state index in [9.17, 15) is 13.2 Å². The normalized spacial score (nSPS) is 13.1. The molecule has 0 aromatic heterocycles. The van der Waals surface area contributed by atoms with E-state index in [-0.39, 0.29) is 10.6 Å². The van der Waals surface area contributed by atoms with Crippen molar-refractivity contribution in [1.29, 1.82) is 0 Å². The zero-order valence-electron chi connectivity index (χ0n) is 6.78. The summed E-state index contributed by atoms with van der Waals surface area (Å²) in [5.41, 5.74) is 0.159. The monoisotopic (exact) mass is 240 g/mol. The van der Waals surface area contributed by atoms with Gasteiger partial charge in [-0.25, -0.2) is 4.39 Å². The first kappa shape index (κ1) is 11.4. The van der Waals surface area contributed by atoms with Gasteiger partial charge in [-0.1, -0.05) is 29.8 Å². The highest BCUT2D eigenvalue weighted by Gasteiger charge is 2.31. The second-order valence-electron chi connectivity index (χ2n) is 2.51. The molecule has 0 aliphatic rings. The van der Waals surface area contributed by atoms with Crippen molar-refractivity contribution in [2.45, 2.75) is 5.38 Å². The molecular formula is C9H5Cl2F3. The lowest BCUT2D eigenvalue weighted by Gasteiger charge is -2.04. The van der Waals surface area contributed by atoms with Gasteiger partial charge in [0.05, 0.1) is 0 Å². The van der Waals surface area contributed by atoms with E-state index in [0.29, 0.717) is 6.08 Å². The van der Waals surface area contributed by atoms with E-state index in [1.165, 1.54) is 12.1 Å². The van der Waals surface area contributed by atoms with Crippen molar-refractivity contribution in [2.75, 3.05) is 0 Å². The van der Waals surface area contributed by atoms with Crippen LogP contribution in [0.25, 0.3) is 6.08 Å². The van der Waals surface area contributed by atoms with Crippen LogP contribution in [0, 0.1) is 0 Å². The fourth-order valence-corrected chi connectivity index (χ4v) is 1.06. The van der Waals surface area contributed by atoms with Crippen LogP contribution in [0.5, 0.6) is 0 Å². The summed E-state index contributed by atoms with van der Waals surface area (Å²) in [5, 5.41) is -3.80. The van der Waals surface area contributed by atoms with Gasteiger partial charge in [-0.05, 0) is 29.3 Å². The van der Waals surface area contributed by atoms with E-state index >= 15 is 0 Å². The predicted molar refractivity (Wildman–Crippen MR) is 51.3 cm³/mol. The number of halogens is 5. The van der Waals surface area contributed by atoms with Crippen molar-refractivity contribution in [1.82, 2.24) is 0 Å². The molecule has 0 radical (unpaired) electrons. The molecule has 0 bridgehead atoms. The third kappa shape index (κ3) is 2.93. The summed E-state index contributed by atoms with van der Waals surface area (Å²) in [6.45, 7) is 0. The standard InChI is InChI=1S/C9H5Cl2F3/c10-7-4-2-1-3-6(7)5-8(12)9(11,13)14/h1-5H/b8-5+. The average molecular weight is 241 g/mol. The first-order chi connectivity index (χ1) is 6.41. The predicted octanol–water partition coefficient (Wildman–Crippen LogP) is 4.48. The first-order valence-electron chi connectivity index (χ1n) is 3.60. The number of hydrogen-bond donors (Lipinski definition) is 0. The molecule has 0 heterocycles. The van der Waals surface area contributed by atoms with Crippen LogP contribution in [-0.2, 0) is 0 Å². The third-order valence-electron chi connectivity index (χ3n) is 1.46. The molecule has 0 saturated heterocycles. The number of hydrogen-bond acceptors (Lipinski definition) is 0. The van der Waals surface area contributed by atoms with Crippen molar-refractivity contribution in [3.63, 3.8) is 0 Å². The van der Waals surface area contributed by atoms with Gasteiger partial charge >= 0.3 is 5.38 Å². The van der Waals surface area contributed by atoms with E-state index in [2.05, 4.69) is 11.6 Å². The number of alkyl halides is 3. The summed E-state index contributed by atoms with van der Waals surface area (Å²) in [6.07, 6.45) is 0.606. The molecule has 0 amide bonds. The lowest BCUT2D eigenvalue weighted by atomic mass is 10.2. The number of allylic oxidation sites excluding steroid dienone is 1. The molecule has 0 aliphatic carbocycles. The molecule has 0 atom stereocenters. The molecule has 0 saturated carbocycles. The van der Waals surface area contributed by atoms with Gasteiger partial charge in [0.2, 0.25) is 0 Å². The SMILES string of the molecule is F/C(=C/c1ccccc1Cl)C(F)(F)Cl. The van der Waals surface area contributed by atoms with Gasteiger partial charge in [0.1, 0.15) is 0 Å². The van der Waals surface area contributed by atoms with E-state index in [0.717, 1.165) is 0 Å². The van der Waals surface area contributed by atoms with E-state index in [4.69, 9.17) is 11.6 Å². The smallest absolute Gasteiger partial charge is 0.204 e. The van der Waals surface area contributed by atoms with Gasteiger partial charge < -0.3 is 0 Å². The van der Waals surface area contributed by atoms with Crippen LogP contribution in [0.2, 0.25) is 5.02 Å². The Bertz CT molecular complexity index is 355. The lowest BCUT2D eigenvalue weighted by molar-refractivity contribution is 0.112. The van der Waals surface area contributed by atoms with E-state index in [1.807, 2.05) is 0 Å². The molecule has 1 aromatic rings. The van der Waals surface area contributed by atoms with Gasteiger partial charge in [-0.15, -0.1) is 0 Å². The zero-order valence-corrected chi connectivity index (χ0v) is 8.29. The minimum atomic E-state index is -3.99. The summed E-state index contributed by atoms with van der Waals surface area (Å²) in [4.78, 5) is 0. The molecular weight excluding hydrogens is 236 g/mol. The van der Waals surface area contributed by atoms with Gasteiger partial charge in [-0.2, -0.15) is 8.78 Å². The number of rotatable bonds is 2. The Morgan fingerprint density at radius 1 is 1.29 bits per heavy atom. The summed E-state index contributed by atoms with van der Waals surface area (Å²) in [7, 11) is 0. The second-order valence-corrected chi connectivity index (χ2v) is 3.39. The van der Waals surface area contributed by atoms with E-state index in [1.54, 1.807) is 12.1 Å². The molecule has 0 fully saturated rings. The van der Waals surface area contributed by atoms with Crippen LogP contribution in [-0.4, -0.2) is 5.38 Å². The minimum absolute atomic E-state index is 0.159. The Hall–Kier alpha value is -0.670. The molecule has 1 rings (SSSR count). The van der Waals surface area contributed by atoms with Crippen LogP contribution in [0.3, 0.4) is 0 Å². The zero-order chi connectivity index (χ0) is 10.8.